The third-order valence-electron chi connectivity index (χ3n) is 3.69. The highest BCUT2D eigenvalue weighted by Gasteiger charge is 2.24. The van der Waals surface area contributed by atoms with E-state index in [1.165, 1.54) is 0 Å². The number of hydrogen-bond acceptors (Lipinski definition) is 5. The second-order valence-electron chi connectivity index (χ2n) is 5.14. The molecule has 6 heteroatoms. The number of carbonyl (C=O) groups excluding carboxylic acids is 1. The Morgan fingerprint density at radius 2 is 1.83 bits per heavy atom. The molecule has 1 aliphatic rings. The molecular formula is C17H16N4O2. The number of aromatic nitrogens is 1. The molecule has 0 aliphatic carbocycles. The highest BCUT2D eigenvalue weighted by Crippen LogP contribution is 2.18. The number of ether oxygens (including phenoxy) is 1. The van der Waals surface area contributed by atoms with Crippen molar-refractivity contribution in [2.75, 3.05) is 31.1 Å². The molecule has 1 aromatic heterocycles. The Hall–Kier alpha value is -3.07. The van der Waals surface area contributed by atoms with E-state index in [2.05, 4.69) is 11.1 Å². The number of carbonyl (C=O) groups is 1. The zero-order valence-electron chi connectivity index (χ0n) is 12.6. The van der Waals surface area contributed by atoms with E-state index >= 15 is 0 Å². The number of para-hydroxylation sites is 1. The van der Waals surface area contributed by atoms with Crippen LogP contribution in [0.2, 0.25) is 0 Å². The number of piperazine rings is 1. The molecule has 1 saturated heterocycles. The molecule has 23 heavy (non-hydrogen) atoms. The standard InChI is InChI=1S/C17H16N4O2/c18-13-14-5-4-8-19-16(14)20-9-11-21(12-10-20)17(22)23-15-6-2-1-3-7-15/h1-8H,9-12H2. The summed E-state index contributed by atoms with van der Waals surface area (Å²) in [6.07, 6.45) is 1.32. The van der Waals surface area contributed by atoms with Crippen LogP contribution in [0.1, 0.15) is 5.56 Å². The number of pyridine rings is 1. The largest absolute Gasteiger partial charge is 0.415 e. The molecule has 0 atom stereocenters. The summed E-state index contributed by atoms with van der Waals surface area (Å²) in [5.41, 5.74) is 0.549. The van der Waals surface area contributed by atoms with Crippen molar-refractivity contribution in [3.8, 4) is 11.8 Å². The maximum absolute atomic E-state index is 12.2. The molecular weight excluding hydrogens is 292 g/mol. The van der Waals surface area contributed by atoms with Crippen molar-refractivity contribution in [2.45, 2.75) is 0 Å². The molecule has 1 aliphatic heterocycles. The summed E-state index contributed by atoms with van der Waals surface area (Å²) in [5.74, 6) is 1.21. The van der Waals surface area contributed by atoms with Gasteiger partial charge in [-0.15, -0.1) is 0 Å². The van der Waals surface area contributed by atoms with Gasteiger partial charge in [0.2, 0.25) is 0 Å². The van der Waals surface area contributed by atoms with Crippen molar-refractivity contribution in [1.29, 1.82) is 5.26 Å². The van der Waals surface area contributed by atoms with Crippen LogP contribution >= 0.6 is 0 Å². The molecule has 3 rings (SSSR count). The summed E-state index contributed by atoms with van der Waals surface area (Å²) in [7, 11) is 0. The van der Waals surface area contributed by atoms with Crippen LogP contribution in [0.3, 0.4) is 0 Å². The summed E-state index contributed by atoms with van der Waals surface area (Å²) >= 11 is 0. The summed E-state index contributed by atoms with van der Waals surface area (Å²) in [6, 6.07) is 14.7. The van der Waals surface area contributed by atoms with Crippen LogP contribution in [-0.2, 0) is 0 Å². The second kappa shape index (κ2) is 6.79. The lowest BCUT2D eigenvalue weighted by atomic mass is 10.2. The Morgan fingerprint density at radius 1 is 1.09 bits per heavy atom. The third kappa shape index (κ3) is 3.40. The van der Waals surface area contributed by atoms with E-state index in [1.54, 1.807) is 35.4 Å². The molecule has 0 N–H and O–H groups in total. The number of nitrogens with zero attached hydrogens (tertiary/aromatic N) is 4. The predicted octanol–water partition coefficient (Wildman–Crippen LogP) is 2.27. The molecule has 116 valence electrons. The van der Waals surface area contributed by atoms with Gasteiger partial charge in [-0.2, -0.15) is 5.26 Å². The van der Waals surface area contributed by atoms with Crippen LogP contribution in [0.5, 0.6) is 5.75 Å². The van der Waals surface area contributed by atoms with E-state index < -0.39 is 0 Å². The highest BCUT2D eigenvalue weighted by atomic mass is 16.6. The highest BCUT2D eigenvalue weighted by molar-refractivity contribution is 5.71. The lowest BCUT2D eigenvalue weighted by Gasteiger charge is -2.34. The minimum absolute atomic E-state index is 0.350. The van der Waals surface area contributed by atoms with Gasteiger partial charge >= 0.3 is 6.09 Å². The van der Waals surface area contributed by atoms with Crippen molar-refractivity contribution in [3.05, 3.63) is 54.2 Å². The molecule has 0 radical (unpaired) electrons. The molecule has 1 amide bonds. The number of benzene rings is 1. The average Bonchev–Trinajstić information content (AvgIpc) is 2.62. The minimum atomic E-state index is -0.350. The Bertz CT molecular complexity index is 719. The topological polar surface area (TPSA) is 69.5 Å². The zero-order chi connectivity index (χ0) is 16.1. The third-order valence-corrected chi connectivity index (χ3v) is 3.69. The first kappa shape index (κ1) is 14.9. The van der Waals surface area contributed by atoms with Gasteiger partial charge in [-0.3, -0.25) is 0 Å². The van der Waals surface area contributed by atoms with Gasteiger partial charge in [0.05, 0.1) is 5.56 Å². The summed E-state index contributed by atoms with van der Waals surface area (Å²) in [4.78, 5) is 20.1. The van der Waals surface area contributed by atoms with Crippen LogP contribution in [0.4, 0.5) is 10.6 Å². The van der Waals surface area contributed by atoms with Gasteiger partial charge in [0, 0.05) is 32.4 Å². The zero-order valence-corrected chi connectivity index (χ0v) is 12.6. The van der Waals surface area contributed by atoms with Crippen LogP contribution < -0.4 is 9.64 Å². The predicted molar refractivity (Wildman–Crippen MR) is 85.2 cm³/mol. The Balaban J connectivity index is 1.60. The van der Waals surface area contributed by atoms with Gasteiger partial charge in [-0.1, -0.05) is 18.2 Å². The molecule has 1 fully saturated rings. The molecule has 6 nitrogen and oxygen atoms in total. The van der Waals surface area contributed by atoms with Gasteiger partial charge in [-0.25, -0.2) is 9.78 Å². The number of rotatable bonds is 2. The van der Waals surface area contributed by atoms with Crippen molar-refractivity contribution in [3.63, 3.8) is 0 Å². The molecule has 2 aromatic rings. The minimum Gasteiger partial charge on any atom is -0.410 e. The Kier molecular flexibility index (Phi) is 4.39. The first-order valence-electron chi connectivity index (χ1n) is 7.40. The van der Waals surface area contributed by atoms with E-state index in [4.69, 9.17) is 10.00 Å². The monoisotopic (exact) mass is 308 g/mol. The van der Waals surface area contributed by atoms with Crippen molar-refractivity contribution in [1.82, 2.24) is 9.88 Å². The van der Waals surface area contributed by atoms with E-state index in [0.29, 0.717) is 43.3 Å². The lowest BCUT2D eigenvalue weighted by Crippen LogP contribution is -2.50. The lowest BCUT2D eigenvalue weighted by molar-refractivity contribution is 0.149. The molecule has 0 spiro atoms. The maximum atomic E-state index is 12.2. The molecule has 1 aromatic carbocycles. The van der Waals surface area contributed by atoms with E-state index in [-0.39, 0.29) is 6.09 Å². The molecule has 0 unspecified atom stereocenters. The number of hydrogen-bond donors (Lipinski definition) is 0. The fourth-order valence-corrected chi connectivity index (χ4v) is 2.49. The Labute approximate surface area is 134 Å². The summed E-state index contributed by atoms with van der Waals surface area (Å²) in [5, 5.41) is 9.15. The van der Waals surface area contributed by atoms with Crippen LogP contribution in [0.25, 0.3) is 0 Å². The van der Waals surface area contributed by atoms with Crippen molar-refractivity contribution < 1.29 is 9.53 Å². The van der Waals surface area contributed by atoms with Gasteiger partial charge < -0.3 is 14.5 Å². The summed E-state index contributed by atoms with van der Waals surface area (Å²) in [6.45, 7) is 2.31. The van der Waals surface area contributed by atoms with Crippen molar-refractivity contribution in [2.24, 2.45) is 0 Å². The fourth-order valence-electron chi connectivity index (χ4n) is 2.49. The van der Waals surface area contributed by atoms with Crippen LogP contribution in [-0.4, -0.2) is 42.2 Å². The van der Waals surface area contributed by atoms with E-state index in [9.17, 15) is 4.79 Å². The smallest absolute Gasteiger partial charge is 0.410 e. The molecule has 0 bridgehead atoms. The van der Waals surface area contributed by atoms with Gasteiger partial charge in [0.15, 0.2) is 0 Å². The Morgan fingerprint density at radius 3 is 2.52 bits per heavy atom. The second-order valence-corrected chi connectivity index (χ2v) is 5.14. The first-order chi connectivity index (χ1) is 11.3. The number of amides is 1. The number of anilines is 1. The van der Waals surface area contributed by atoms with Crippen LogP contribution in [0.15, 0.2) is 48.7 Å². The number of nitriles is 1. The van der Waals surface area contributed by atoms with Crippen molar-refractivity contribution >= 4 is 11.9 Å². The molecule has 0 saturated carbocycles. The van der Waals surface area contributed by atoms with Gasteiger partial charge in [0.1, 0.15) is 17.6 Å². The fraction of sp³-hybridized carbons (Fsp3) is 0.235. The SMILES string of the molecule is N#Cc1cccnc1N1CCN(C(=O)Oc2ccccc2)CC1. The maximum Gasteiger partial charge on any atom is 0.415 e. The van der Waals surface area contributed by atoms with Crippen LogP contribution in [0, 0.1) is 11.3 Å². The average molecular weight is 308 g/mol. The summed E-state index contributed by atoms with van der Waals surface area (Å²) < 4.78 is 5.34. The first-order valence-corrected chi connectivity index (χ1v) is 7.40. The van der Waals surface area contributed by atoms with Gasteiger partial charge in [0.25, 0.3) is 0 Å². The van der Waals surface area contributed by atoms with Gasteiger partial charge in [-0.05, 0) is 24.3 Å². The molecule has 2 heterocycles. The quantitative estimate of drug-likeness (QED) is 0.851. The normalized spacial score (nSPS) is 14.2. The van der Waals surface area contributed by atoms with E-state index in [1.807, 2.05) is 23.1 Å². The van der Waals surface area contributed by atoms with E-state index in [0.717, 1.165) is 0 Å².